The molecule has 1 aromatic heterocycles. The van der Waals surface area contributed by atoms with E-state index < -0.39 is 0 Å². The third-order valence-electron chi connectivity index (χ3n) is 4.27. The predicted molar refractivity (Wildman–Crippen MR) is 84.0 cm³/mol. The molecule has 2 heterocycles. The maximum absolute atomic E-state index is 12.6. The van der Waals surface area contributed by atoms with Crippen molar-refractivity contribution >= 4 is 28.8 Å². The molecule has 0 unspecified atom stereocenters. The van der Waals surface area contributed by atoms with Crippen LogP contribution in [0.4, 0.5) is 0 Å². The van der Waals surface area contributed by atoms with Gasteiger partial charge in [-0.3, -0.25) is 9.69 Å². The zero-order valence-corrected chi connectivity index (χ0v) is 13.3. The van der Waals surface area contributed by atoms with E-state index in [2.05, 4.69) is 11.0 Å². The molecule has 1 aliphatic heterocycles. The van der Waals surface area contributed by atoms with Gasteiger partial charge in [0.1, 0.15) is 0 Å². The quantitative estimate of drug-likeness (QED) is 0.801. The van der Waals surface area contributed by atoms with Crippen LogP contribution < -0.4 is 0 Å². The van der Waals surface area contributed by atoms with Crippen molar-refractivity contribution < 1.29 is 4.79 Å². The third-order valence-corrected chi connectivity index (χ3v) is 5.66. The average Bonchev–Trinajstić information content (AvgIpc) is 2.91. The van der Waals surface area contributed by atoms with Crippen LogP contribution in [0, 0.1) is 0 Å². The molecule has 1 amide bonds. The van der Waals surface area contributed by atoms with E-state index in [-0.39, 0.29) is 5.91 Å². The summed E-state index contributed by atoms with van der Waals surface area (Å²) in [5.74, 6) is 0.904. The summed E-state index contributed by atoms with van der Waals surface area (Å²) in [7, 11) is 0. The van der Waals surface area contributed by atoms with E-state index in [1.54, 1.807) is 11.3 Å². The third kappa shape index (κ3) is 3.02. The van der Waals surface area contributed by atoms with Gasteiger partial charge in [-0.15, -0.1) is 22.9 Å². The number of halogens is 1. The molecule has 1 aromatic rings. The van der Waals surface area contributed by atoms with Gasteiger partial charge >= 0.3 is 0 Å². The van der Waals surface area contributed by atoms with Crippen LogP contribution in [0.25, 0.3) is 0 Å². The number of carbonyl (C=O) groups excluding carboxylic acids is 1. The monoisotopic (exact) mass is 312 g/mol. The number of amides is 1. The van der Waals surface area contributed by atoms with Crippen LogP contribution in [0.2, 0.25) is 0 Å². The first-order chi connectivity index (χ1) is 9.78. The number of hydrogen-bond donors (Lipinski definition) is 0. The van der Waals surface area contributed by atoms with E-state index >= 15 is 0 Å². The summed E-state index contributed by atoms with van der Waals surface area (Å²) in [5, 5.41) is 0. The van der Waals surface area contributed by atoms with Gasteiger partial charge in [0, 0.05) is 43.5 Å². The minimum Gasteiger partial charge on any atom is -0.335 e. The summed E-state index contributed by atoms with van der Waals surface area (Å²) < 4.78 is 0. The molecule has 0 bridgehead atoms. The van der Waals surface area contributed by atoms with Crippen molar-refractivity contribution in [3.05, 3.63) is 21.4 Å². The highest BCUT2D eigenvalue weighted by atomic mass is 35.5. The van der Waals surface area contributed by atoms with Gasteiger partial charge in [-0.1, -0.05) is 0 Å². The van der Waals surface area contributed by atoms with Crippen LogP contribution in [-0.4, -0.2) is 54.3 Å². The zero-order chi connectivity index (χ0) is 13.9. The normalized spacial score (nSPS) is 19.9. The first kappa shape index (κ1) is 14.4. The Balaban J connectivity index is 1.63. The van der Waals surface area contributed by atoms with Gasteiger partial charge in [0.25, 0.3) is 5.91 Å². The molecule has 1 fully saturated rings. The highest BCUT2D eigenvalue weighted by Gasteiger charge is 2.24. The Morgan fingerprint density at radius 1 is 1.20 bits per heavy atom. The molecule has 0 spiro atoms. The fourth-order valence-corrected chi connectivity index (χ4v) is 4.51. The number of alkyl halides is 1. The summed E-state index contributed by atoms with van der Waals surface area (Å²) in [5.41, 5.74) is 1.42. The minimum atomic E-state index is 0.231. The number of hydrogen-bond acceptors (Lipinski definition) is 3. The molecular formula is C15H21ClN2OS. The lowest BCUT2D eigenvalue weighted by atomic mass is 9.99. The maximum atomic E-state index is 12.6. The topological polar surface area (TPSA) is 23.6 Å². The van der Waals surface area contributed by atoms with E-state index in [9.17, 15) is 4.79 Å². The Kier molecular flexibility index (Phi) is 4.64. The number of carbonyl (C=O) groups is 1. The Labute approximate surface area is 129 Å². The van der Waals surface area contributed by atoms with Crippen LogP contribution in [0.3, 0.4) is 0 Å². The van der Waals surface area contributed by atoms with E-state index in [1.165, 1.54) is 23.3 Å². The molecule has 0 aromatic carbocycles. The first-order valence-corrected chi connectivity index (χ1v) is 8.82. The van der Waals surface area contributed by atoms with Crippen molar-refractivity contribution in [1.82, 2.24) is 9.80 Å². The number of rotatable bonds is 3. The predicted octanol–water partition coefficient (Wildman–Crippen LogP) is 2.62. The number of aryl methyl sites for hydroxylation is 2. The molecule has 3 rings (SSSR count). The lowest BCUT2D eigenvalue weighted by Crippen LogP contribution is -2.48. The maximum Gasteiger partial charge on any atom is 0.264 e. The zero-order valence-electron chi connectivity index (χ0n) is 11.7. The molecule has 0 atom stereocenters. The molecule has 0 N–H and O–H groups in total. The summed E-state index contributed by atoms with van der Waals surface area (Å²) in [6.07, 6.45) is 4.87. The molecule has 0 saturated carbocycles. The lowest BCUT2D eigenvalue weighted by Gasteiger charge is -2.34. The molecule has 110 valence electrons. The lowest BCUT2D eigenvalue weighted by molar-refractivity contribution is 0.0649. The Hall–Kier alpha value is -0.580. The van der Waals surface area contributed by atoms with Gasteiger partial charge < -0.3 is 4.90 Å². The largest absolute Gasteiger partial charge is 0.335 e. The fourth-order valence-electron chi connectivity index (χ4n) is 3.05. The van der Waals surface area contributed by atoms with Crippen LogP contribution in [0.15, 0.2) is 6.07 Å². The Bertz CT molecular complexity index is 457. The molecule has 2 aliphatic rings. The number of piperazine rings is 1. The first-order valence-electron chi connectivity index (χ1n) is 7.47. The average molecular weight is 313 g/mol. The fraction of sp³-hybridized carbons (Fsp3) is 0.667. The summed E-state index contributed by atoms with van der Waals surface area (Å²) in [6.45, 7) is 4.49. The SMILES string of the molecule is O=C(c1cc2c(s1)CCCC2)N1CCN(CCCl)CC1. The highest BCUT2D eigenvalue weighted by Crippen LogP contribution is 2.30. The van der Waals surface area contributed by atoms with Gasteiger partial charge in [-0.2, -0.15) is 0 Å². The highest BCUT2D eigenvalue weighted by molar-refractivity contribution is 7.14. The van der Waals surface area contributed by atoms with Crippen molar-refractivity contribution in [2.24, 2.45) is 0 Å². The van der Waals surface area contributed by atoms with E-state index in [0.717, 1.165) is 50.4 Å². The standard InChI is InChI=1S/C15H21ClN2OS/c16-5-6-17-7-9-18(10-8-17)15(19)14-11-12-3-1-2-4-13(12)20-14/h11H,1-10H2. The smallest absolute Gasteiger partial charge is 0.264 e. The Morgan fingerprint density at radius 3 is 2.65 bits per heavy atom. The second kappa shape index (κ2) is 6.46. The van der Waals surface area contributed by atoms with Crippen molar-refractivity contribution in [2.45, 2.75) is 25.7 Å². The van der Waals surface area contributed by atoms with Crippen molar-refractivity contribution in [3.63, 3.8) is 0 Å². The summed E-state index contributed by atoms with van der Waals surface area (Å²) in [4.78, 5) is 19.3. The molecular weight excluding hydrogens is 292 g/mol. The van der Waals surface area contributed by atoms with Gasteiger partial charge in [0.15, 0.2) is 0 Å². The van der Waals surface area contributed by atoms with E-state index in [1.807, 2.05) is 4.90 Å². The van der Waals surface area contributed by atoms with Crippen molar-refractivity contribution in [2.75, 3.05) is 38.6 Å². The van der Waals surface area contributed by atoms with Crippen LogP contribution >= 0.6 is 22.9 Å². The molecule has 1 saturated heterocycles. The van der Waals surface area contributed by atoms with Gasteiger partial charge in [-0.05, 0) is 37.3 Å². The number of nitrogens with zero attached hydrogens (tertiary/aromatic N) is 2. The second-order valence-electron chi connectivity index (χ2n) is 5.59. The molecule has 1 aliphatic carbocycles. The van der Waals surface area contributed by atoms with Gasteiger partial charge in [0.05, 0.1) is 4.88 Å². The summed E-state index contributed by atoms with van der Waals surface area (Å²) in [6, 6.07) is 2.15. The van der Waals surface area contributed by atoms with Gasteiger partial charge in [-0.25, -0.2) is 0 Å². The van der Waals surface area contributed by atoms with Crippen LogP contribution in [0.1, 0.15) is 33.0 Å². The van der Waals surface area contributed by atoms with Crippen molar-refractivity contribution in [3.8, 4) is 0 Å². The van der Waals surface area contributed by atoms with Gasteiger partial charge in [0.2, 0.25) is 0 Å². The molecule has 20 heavy (non-hydrogen) atoms. The van der Waals surface area contributed by atoms with Crippen LogP contribution in [0.5, 0.6) is 0 Å². The Morgan fingerprint density at radius 2 is 1.95 bits per heavy atom. The second-order valence-corrected chi connectivity index (χ2v) is 7.10. The molecule has 5 heteroatoms. The molecule has 3 nitrogen and oxygen atoms in total. The van der Waals surface area contributed by atoms with E-state index in [4.69, 9.17) is 11.6 Å². The minimum absolute atomic E-state index is 0.231. The van der Waals surface area contributed by atoms with Crippen molar-refractivity contribution in [1.29, 1.82) is 0 Å². The molecule has 0 radical (unpaired) electrons. The van der Waals surface area contributed by atoms with Crippen LogP contribution in [-0.2, 0) is 12.8 Å². The number of fused-ring (bicyclic) bond motifs is 1. The number of thiophene rings is 1. The van der Waals surface area contributed by atoms with E-state index in [0.29, 0.717) is 5.88 Å². The summed E-state index contributed by atoms with van der Waals surface area (Å²) >= 11 is 7.49.